The molecular formula is C14H13NO4. The van der Waals surface area contributed by atoms with Crippen LogP contribution >= 0.6 is 0 Å². The normalized spacial score (nSPS) is 11.8. The molecule has 2 rings (SSSR count). The lowest BCUT2D eigenvalue weighted by atomic mass is 10.0. The summed E-state index contributed by atoms with van der Waals surface area (Å²) in [6, 6.07) is 9.53. The van der Waals surface area contributed by atoms with E-state index in [-0.39, 0.29) is 12.4 Å². The van der Waals surface area contributed by atoms with E-state index in [2.05, 4.69) is 4.98 Å². The Morgan fingerprint density at radius 3 is 2.63 bits per heavy atom. The second-order valence-electron chi connectivity index (χ2n) is 3.98. The SMILES string of the molecule is O=C(O)C(COc1cccc(O)c1)c1ccncc1. The van der Waals surface area contributed by atoms with Crippen LogP contribution in [0.2, 0.25) is 0 Å². The van der Waals surface area contributed by atoms with Gasteiger partial charge in [-0.1, -0.05) is 6.07 Å². The van der Waals surface area contributed by atoms with E-state index < -0.39 is 11.9 Å². The van der Waals surface area contributed by atoms with Crippen LogP contribution in [-0.4, -0.2) is 27.8 Å². The molecule has 0 aliphatic rings. The Morgan fingerprint density at radius 2 is 2.00 bits per heavy atom. The molecule has 19 heavy (non-hydrogen) atoms. The van der Waals surface area contributed by atoms with Crippen LogP contribution in [0.4, 0.5) is 0 Å². The van der Waals surface area contributed by atoms with Crippen LogP contribution in [0.5, 0.6) is 11.5 Å². The molecule has 0 amide bonds. The summed E-state index contributed by atoms with van der Waals surface area (Å²) in [7, 11) is 0. The highest BCUT2D eigenvalue weighted by Gasteiger charge is 2.20. The summed E-state index contributed by atoms with van der Waals surface area (Å²) < 4.78 is 5.40. The van der Waals surface area contributed by atoms with Crippen molar-refractivity contribution < 1.29 is 19.7 Å². The van der Waals surface area contributed by atoms with E-state index in [1.54, 1.807) is 36.7 Å². The molecule has 1 aromatic heterocycles. The average Bonchev–Trinajstić information content (AvgIpc) is 2.40. The Hall–Kier alpha value is -2.56. The molecule has 0 saturated carbocycles. The molecule has 2 N–H and O–H groups in total. The van der Waals surface area contributed by atoms with E-state index in [0.717, 1.165) is 0 Å². The smallest absolute Gasteiger partial charge is 0.314 e. The van der Waals surface area contributed by atoms with Crippen LogP contribution in [0.3, 0.4) is 0 Å². The number of carboxylic acid groups (broad SMARTS) is 1. The van der Waals surface area contributed by atoms with Crippen molar-refractivity contribution in [1.82, 2.24) is 4.98 Å². The van der Waals surface area contributed by atoms with Crippen molar-refractivity contribution in [2.24, 2.45) is 0 Å². The van der Waals surface area contributed by atoms with Crippen LogP contribution in [-0.2, 0) is 4.79 Å². The lowest BCUT2D eigenvalue weighted by Gasteiger charge is -2.14. The molecule has 98 valence electrons. The molecule has 5 nitrogen and oxygen atoms in total. The van der Waals surface area contributed by atoms with E-state index in [0.29, 0.717) is 11.3 Å². The number of aromatic nitrogens is 1. The van der Waals surface area contributed by atoms with Crippen molar-refractivity contribution in [3.8, 4) is 11.5 Å². The first-order valence-electron chi connectivity index (χ1n) is 5.71. The maximum atomic E-state index is 11.2. The monoisotopic (exact) mass is 259 g/mol. The highest BCUT2D eigenvalue weighted by atomic mass is 16.5. The number of nitrogens with zero attached hydrogens (tertiary/aromatic N) is 1. The first kappa shape index (κ1) is 12.9. The van der Waals surface area contributed by atoms with Gasteiger partial charge < -0.3 is 14.9 Å². The number of carboxylic acids is 1. The Balaban J connectivity index is 2.08. The largest absolute Gasteiger partial charge is 0.508 e. The summed E-state index contributed by atoms with van der Waals surface area (Å²) in [4.78, 5) is 15.1. The van der Waals surface area contributed by atoms with Crippen molar-refractivity contribution in [3.63, 3.8) is 0 Å². The van der Waals surface area contributed by atoms with Gasteiger partial charge in [0.1, 0.15) is 24.0 Å². The summed E-state index contributed by atoms with van der Waals surface area (Å²) >= 11 is 0. The molecule has 1 aromatic carbocycles. The van der Waals surface area contributed by atoms with Gasteiger partial charge in [-0.3, -0.25) is 9.78 Å². The van der Waals surface area contributed by atoms with Crippen molar-refractivity contribution >= 4 is 5.97 Å². The summed E-state index contributed by atoms with van der Waals surface area (Å²) in [5.41, 5.74) is 0.627. The van der Waals surface area contributed by atoms with Gasteiger partial charge in [-0.15, -0.1) is 0 Å². The highest BCUT2D eigenvalue weighted by molar-refractivity contribution is 5.76. The summed E-state index contributed by atoms with van der Waals surface area (Å²) in [6.45, 7) is -0.0111. The van der Waals surface area contributed by atoms with Gasteiger partial charge >= 0.3 is 5.97 Å². The number of rotatable bonds is 5. The maximum absolute atomic E-state index is 11.2. The number of aromatic hydroxyl groups is 1. The van der Waals surface area contributed by atoms with E-state index in [4.69, 9.17) is 4.74 Å². The standard InChI is InChI=1S/C14H13NO4/c16-11-2-1-3-12(8-11)19-9-13(14(17)18)10-4-6-15-7-5-10/h1-8,13,16H,9H2,(H,17,18). The zero-order valence-electron chi connectivity index (χ0n) is 10.1. The number of hydrogen-bond acceptors (Lipinski definition) is 4. The Labute approximate surface area is 110 Å². The minimum absolute atomic E-state index is 0.0111. The fourth-order valence-corrected chi connectivity index (χ4v) is 1.66. The zero-order chi connectivity index (χ0) is 13.7. The number of ether oxygens (including phenoxy) is 1. The zero-order valence-corrected chi connectivity index (χ0v) is 10.1. The molecule has 1 heterocycles. The van der Waals surface area contributed by atoms with Gasteiger partial charge in [0.05, 0.1) is 0 Å². The van der Waals surface area contributed by atoms with Gasteiger partial charge in [-0.25, -0.2) is 0 Å². The number of phenols is 1. The number of aliphatic carboxylic acids is 1. The molecule has 1 unspecified atom stereocenters. The van der Waals surface area contributed by atoms with Gasteiger partial charge in [-0.05, 0) is 29.8 Å². The van der Waals surface area contributed by atoms with E-state index >= 15 is 0 Å². The fraction of sp³-hybridized carbons (Fsp3) is 0.143. The van der Waals surface area contributed by atoms with Gasteiger partial charge in [0.15, 0.2) is 0 Å². The number of hydrogen-bond donors (Lipinski definition) is 2. The number of pyridine rings is 1. The van der Waals surface area contributed by atoms with Crippen molar-refractivity contribution in [3.05, 3.63) is 54.4 Å². The second-order valence-corrected chi connectivity index (χ2v) is 3.98. The van der Waals surface area contributed by atoms with Crippen LogP contribution in [0.1, 0.15) is 11.5 Å². The molecule has 2 aromatic rings. The van der Waals surface area contributed by atoms with Crippen molar-refractivity contribution in [1.29, 1.82) is 0 Å². The first-order valence-corrected chi connectivity index (χ1v) is 5.71. The molecule has 1 atom stereocenters. The highest BCUT2D eigenvalue weighted by Crippen LogP contribution is 2.21. The van der Waals surface area contributed by atoms with Crippen LogP contribution in [0.25, 0.3) is 0 Å². The molecule has 0 saturated heterocycles. The molecule has 5 heteroatoms. The van der Waals surface area contributed by atoms with Crippen LogP contribution in [0, 0.1) is 0 Å². The topological polar surface area (TPSA) is 79.7 Å². The van der Waals surface area contributed by atoms with Gasteiger partial charge in [0, 0.05) is 18.5 Å². The number of carbonyl (C=O) groups is 1. The molecule has 0 bridgehead atoms. The lowest BCUT2D eigenvalue weighted by Crippen LogP contribution is -2.19. The Bertz CT molecular complexity index is 556. The second kappa shape index (κ2) is 5.86. The lowest BCUT2D eigenvalue weighted by molar-refractivity contribution is -0.139. The fourth-order valence-electron chi connectivity index (χ4n) is 1.66. The van der Waals surface area contributed by atoms with Gasteiger partial charge in [0.25, 0.3) is 0 Å². The third-order valence-electron chi connectivity index (χ3n) is 2.64. The molecule has 0 radical (unpaired) electrons. The third kappa shape index (κ3) is 3.45. The summed E-state index contributed by atoms with van der Waals surface area (Å²) in [6.07, 6.45) is 3.08. The minimum Gasteiger partial charge on any atom is -0.508 e. The molecule has 0 aliphatic carbocycles. The van der Waals surface area contributed by atoms with E-state index in [1.807, 2.05) is 0 Å². The first-order chi connectivity index (χ1) is 9.16. The molecular weight excluding hydrogens is 246 g/mol. The van der Waals surface area contributed by atoms with Crippen LogP contribution in [0.15, 0.2) is 48.8 Å². The minimum atomic E-state index is -0.966. The maximum Gasteiger partial charge on any atom is 0.314 e. The number of phenolic OH excluding ortho intramolecular Hbond substituents is 1. The molecule has 0 aliphatic heterocycles. The van der Waals surface area contributed by atoms with Crippen LogP contribution < -0.4 is 4.74 Å². The quantitative estimate of drug-likeness (QED) is 0.858. The average molecular weight is 259 g/mol. The van der Waals surface area contributed by atoms with Gasteiger partial charge in [-0.2, -0.15) is 0 Å². The van der Waals surface area contributed by atoms with E-state index in [9.17, 15) is 15.0 Å². The predicted octanol–water partition coefficient (Wildman–Crippen LogP) is 2.03. The predicted molar refractivity (Wildman–Crippen MR) is 68.2 cm³/mol. The number of benzene rings is 1. The summed E-state index contributed by atoms with van der Waals surface area (Å²) in [5, 5.41) is 18.5. The van der Waals surface area contributed by atoms with E-state index in [1.165, 1.54) is 12.1 Å². The third-order valence-corrected chi connectivity index (χ3v) is 2.64. The molecule has 0 spiro atoms. The van der Waals surface area contributed by atoms with Crippen molar-refractivity contribution in [2.75, 3.05) is 6.61 Å². The summed E-state index contributed by atoms with van der Waals surface area (Å²) in [5.74, 6) is -1.23. The Morgan fingerprint density at radius 1 is 1.26 bits per heavy atom. The molecule has 0 fully saturated rings. The van der Waals surface area contributed by atoms with Gasteiger partial charge in [0.2, 0.25) is 0 Å². The van der Waals surface area contributed by atoms with Crippen molar-refractivity contribution in [2.45, 2.75) is 5.92 Å². The Kier molecular flexibility index (Phi) is 3.97.